The van der Waals surface area contributed by atoms with Crippen LogP contribution in [0.1, 0.15) is 27.9 Å². The molecule has 2 heterocycles. The monoisotopic (exact) mass is 441 g/mol. The van der Waals surface area contributed by atoms with E-state index in [-0.39, 0.29) is 11.5 Å². The Hall–Kier alpha value is -3.23. The molecule has 0 radical (unpaired) electrons. The number of hydrogen-bond donors (Lipinski definition) is 0. The van der Waals surface area contributed by atoms with E-state index in [1.54, 1.807) is 38.5 Å². The van der Waals surface area contributed by atoms with Gasteiger partial charge in [-0.15, -0.1) is 0 Å². The maximum Gasteiger partial charge on any atom is 0.231 e. The SMILES string of the molecule is COCCCN1COc2ccc3c(c2C1)O/C(=C\c1ccc(OC)c(OC)c1OC)C3=O. The average Bonchev–Trinajstić information content (AvgIpc) is 3.14. The number of methoxy groups -OCH3 is 4. The van der Waals surface area contributed by atoms with Crippen LogP contribution in [-0.2, 0) is 11.3 Å². The predicted octanol–water partition coefficient (Wildman–Crippen LogP) is 3.52. The molecule has 0 amide bonds. The molecule has 170 valence electrons. The second-order valence-corrected chi connectivity index (χ2v) is 7.45. The number of ketones is 1. The lowest BCUT2D eigenvalue weighted by Crippen LogP contribution is -2.33. The number of ether oxygens (including phenoxy) is 6. The second-order valence-electron chi connectivity index (χ2n) is 7.45. The first-order valence-electron chi connectivity index (χ1n) is 10.3. The third-order valence-corrected chi connectivity index (χ3v) is 5.53. The lowest BCUT2D eigenvalue weighted by atomic mass is 10.0. The fourth-order valence-corrected chi connectivity index (χ4v) is 3.96. The summed E-state index contributed by atoms with van der Waals surface area (Å²) < 4.78 is 33.4. The Labute approximate surface area is 187 Å². The topological polar surface area (TPSA) is 75.7 Å². The van der Waals surface area contributed by atoms with Gasteiger partial charge in [-0.3, -0.25) is 9.69 Å². The highest BCUT2D eigenvalue weighted by atomic mass is 16.5. The smallest absolute Gasteiger partial charge is 0.231 e. The maximum atomic E-state index is 13.1. The van der Waals surface area contributed by atoms with Crippen LogP contribution >= 0.6 is 0 Å². The zero-order valence-electron chi connectivity index (χ0n) is 18.7. The Balaban J connectivity index is 1.65. The fraction of sp³-hybridized carbons (Fsp3) is 0.375. The van der Waals surface area contributed by atoms with Gasteiger partial charge in [0, 0.05) is 32.4 Å². The van der Waals surface area contributed by atoms with Gasteiger partial charge >= 0.3 is 0 Å². The lowest BCUT2D eigenvalue weighted by Gasteiger charge is -2.29. The van der Waals surface area contributed by atoms with Crippen LogP contribution in [0.4, 0.5) is 0 Å². The average molecular weight is 441 g/mol. The van der Waals surface area contributed by atoms with Crippen molar-refractivity contribution in [2.45, 2.75) is 13.0 Å². The molecule has 8 nitrogen and oxygen atoms in total. The van der Waals surface area contributed by atoms with Crippen LogP contribution < -0.4 is 23.7 Å². The van der Waals surface area contributed by atoms with E-state index in [2.05, 4.69) is 4.90 Å². The summed E-state index contributed by atoms with van der Waals surface area (Å²) in [6, 6.07) is 7.14. The van der Waals surface area contributed by atoms with E-state index in [1.807, 2.05) is 6.07 Å². The van der Waals surface area contributed by atoms with Gasteiger partial charge in [0.05, 0.1) is 32.5 Å². The largest absolute Gasteiger partial charge is 0.493 e. The van der Waals surface area contributed by atoms with Gasteiger partial charge in [-0.05, 0) is 36.8 Å². The van der Waals surface area contributed by atoms with E-state index < -0.39 is 0 Å². The summed E-state index contributed by atoms with van der Waals surface area (Å²) >= 11 is 0. The van der Waals surface area contributed by atoms with Crippen LogP contribution in [0.2, 0.25) is 0 Å². The third kappa shape index (κ3) is 3.99. The number of carbonyl (C=O) groups excluding carboxylic acids is 1. The number of hydrogen-bond acceptors (Lipinski definition) is 8. The van der Waals surface area contributed by atoms with Gasteiger partial charge in [0.1, 0.15) is 18.2 Å². The number of carbonyl (C=O) groups is 1. The number of fused-ring (bicyclic) bond motifs is 3. The highest BCUT2D eigenvalue weighted by molar-refractivity contribution is 6.15. The molecule has 8 heteroatoms. The first-order chi connectivity index (χ1) is 15.6. The second kappa shape index (κ2) is 9.50. The minimum absolute atomic E-state index is 0.184. The van der Waals surface area contributed by atoms with Crippen LogP contribution in [0, 0.1) is 0 Å². The summed E-state index contributed by atoms with van der Waals surface area (Å²) in [5.41, 5.74) is 2.05. The minimum Gasteiger partial charge on any atom is -0.493 e. The molecular weight excluding hydrogens is 414 g/mol. The summed E-state index contributed by atoms with van der Waals surface area (Å²) in [6.07, 6.45) is 2.56. The Kier molecular flexibility index (Phi) is 6.53. The van der Waals surface area contributed by atoms with Crippen molar-refractivity contribution < 1.29 is 33.2 Å². The van der Waals surface area contributed by atoms with Crippen LogP contribution in [0.25, 0.3) is 6.08 Å². The standard InChI is InChI=1S/C24H27NO7/c1-27-11-5-10-25-13-17-18(31-14-25)9-7-16-21(26)20(32-23(16)17)12-15-6-8-19(28-2)24(30-4)22(15)29-3/h6-9,12H,5,10-11,13-14H2,1-4H3/b20-12-. The fourth-order valence-electron chi connectivity index (χ4n) is 3.96. The van der Waals surface area contributed by atoms with Gasteiger partial charge < -0.3 is 28.4 Å². The highest BCUT2D eigenvalue weighted by Gasteiger charge is 2.34. The zero-order chi connectivity index (χ0) is 22.7. The van der Waals surface area contributed by atoms with Crippen molar-refractivity contribution in [2.24, 2.45) is 0 Å². The summed E-state index contributed by atoms with van der Waals surface area (Å²) in [4.78, 5) is 15.3. The van der Waals surface area contributed by atoms with Crippen molar-refractivity contribution >= 4 is 11.9 Å². The molecule has 0 aliphatic carbocycles. The molecule has 0 unspecified atom stereocenters. The number of rotatable bonds is 8. The van der Waals surface area contributed by atoms with Crippen molar-refractivity contribution in [1.29, 1.82) is 0 Å². The van der Waals surface area contributed by atoms with Crippen molar-refractivity contribution in [3.05, 3.63) is 46.7 Å². The number of nitrogens with zero attached hydrogens (tertiary/aromatic N) is 1. The molecule has 32 heavy (non-hydrogen) atoms. The molecule has 0 spiro atoms. The molecule has 0 bridgehead atoms. The first-order valence-corrected chi connectivity index (χ1v) is 10.3. The number of benzene rings is 2. The molecule has 0 atom stereocenters. The third-order valence-electron chi connectivity index (χ3n) is 5.53. The van der Waals surface area contributed by atoms with Gasteiger partial charge in [0.2, 0.25) is 11.5 Å². The van der Waals surface area contributed by atoms with Gasteiger partial charge in [-0.1, -0.05) is 0 Å². The van der Waals surface area contributed by atoms with Crippen LogP contribution in [-0.4, -0.2) is 59.0 Å². The lowest BCUT2D eigenvalue weighted by molar-refractivity contribution is 0.0823. The Morgan fingerprint density at radius 2 is 1.84 bits per heavy atom. The molecular formula is C24H27NO7. The van der Waals surface area contributed by atoms with E-state index >= 15 is 0 Å². The van der Waals surface area contributed by atoms with Crippen molar-refractivity contribution in [3.63, 3.8) is 0 Å². The molecule has 0 saturated heterocycles. The van der Waals surface area contributed by atoms with Crippen LogP contribution in [0.15, 0.2) is 30.0 Å². The number of Topliss-reactive ketones (excluding diaryl/α,β-unsaturated/α-hetero) is 1. The molecule has 0 fully saturated rings. The summed E-state index contributed by atoms with van der Waals surface area (Å²) in [5, 5.41) is 0. The Morgan fingerprint density at radius 1 is 1.03 bits per heavy atom. The molecule has 2 aliphatic heterocycles. The van der Waals surface area contributed by atoms with Crippen molar-refractivity contribution in [2.75, 3.05) is 48.3 Å². The van der Waals surface area contributed by atoms with E-state index in [4.69, 9.17) is 28.4 Å². The molecule has 2 aromatic rings. The molecule has 0 N–H and O–H groups in total. The van der Waals surface area contributed by atoms with Gasteiger partial charge in [-0.25, -0.2) is 0 Å². The van der Waals surface area contributed by atoms with Gasteiger partial charge in [0.25, 0.3) is 0 Å². The quantitative estimate of drug-likeness (QED) is 0.455. The zero-order valence-corrected chi connectivity index (χ0v) is 18.7. The molecule has 0 saturated carbocycles. The molecule has 2 aliphatic rings. The highest BCUT2D eigenvalue weighted by Crippen LogP contribution is 2.44. The number of allylic oxidation sites excluding steroid dienone is 1. The molecule has 0 aromatic heterocycles. The van der Waals surface area contributed by atoms with E-state index in [0.717, 1.165) is 24.3 Å². The van der Waals surface area contributed by atoms with Crippen LogP contribution in [0.5, 0.6) is 28.7 Å². The summed E-state index contributed by atoms with van der Waals surface area (Å²) in [5.74, 6) is 2.77. The summed E-state index contributed by atoms with van der Waals surface area (Å²) in [7, 11) is 6.32. The first kappa shape index (κ1) is 22.0. The molecule has 2 aromatic carbocycles. The maximum absolute atomic E-state index is 13.1. The Morgan fingerprint density at radius 3 is 2.56 bits per heavy atom. The van der Waals surface area contributed by atoms with Crippen LogP contribution in [0.3, 0.4) is 0 Å². The van der Waals surface area contributed by atoms with Crippen molar-refractivity contribution in [1.82, 2.24) is 4.90 Å². The van der Waals surface area contributed by atoms with E-state index in [0.29, 0.717) is 54.0 Å². The normalized spacial score (nSPS) is 16.2. The van der Waals surface area contributed by atoms with E-state index in [9.17, 15) is 4.79 Å². The summed E-state index contributed by atoms with van der Waals surface area (Å²) in [6.45, 7) is 2.65. The van der Waals surface area contributed by atoms with E-state index in [1.165, 1.54) is 14.2 Å². The van der Waals surface area contributed by atoms with Gasteiger partial charge in [-0.2, -0.15) is 0 Å². The van der Waals surface area contributed by atoms with Crippen molar-refractivity contribution in [3.8, 4) is 28.7 Å². The molecule has 4 rings (SSSR count). The van der Waals surface area contributed by atoms with Gasteiger partial charge in [0.15, 0.2) is 17.3 Å². The predicted molar refractivity (Wildman–Crippen MR) is 118 cm³/mol. The minimum atomic E-state index is -0.184. The Bertz CT molecular complexity index is 1050.